The molecule has 3 nitrogen and oxygen atoms in total. The van der Waals surface area contributed by atoms with Gasteiger partial charge >= 0.3 is 0 Å². The number of halogens is 1. The van der Waals surface area contributed by atoms with Crippen molar-refractivity contribution >= 4 is 5.69 Å². The second-order valence-electron chi connectivity index (χ2n) is 5.92. The highest BCUT2D eigenvalue weighted by atomic mass is 19.1. The summed E-state index contributed by atoms with van der Waals surface area (Å²) in [6.45, 7) is 8.88. The number of hydrogen-bond donors (Lipinski definition) is 1. The Kier molecular flexibility index (Phi) is 5.38. The second-order valence-corrected chi connectivity index (χ2v) is 5.92. The minimum absolute atomic E-state index is 0.103. The molecule has 0 aromatic heterocycles. The number of nitrogens with zero attached hydrogens (tertiary/aromatic N) is 2. The van der Waals surface area contributed by atoms with Crippen LogP contribution in [0.1, 0.15) is 25.8 Å². The van der Waals surface area contributed by atoms with Crippen molar-refractivity contribution in [2.75, 3.05) is 38.1 Å². The smallest absolute Gasteiger partial charge is 0.129 e. The lowest BCUT2D eigenvalue weighted by Crippen LogP contribution is -2.31. The van der Waals surface area contributed by atoms with Crippen molar-refractivity contribution in [3.05, 3.63) is 29.6 Å². The molecule has 0 radical (unpaired) electrons. The summed E-state index contributed by atoms with van der Waals surface area (Å²) in [6, 6.07) is 5.78. The van der Waals surface area contributed by atoms with E-state index in [1.807, 2.05) is 12.1 Å². The van der Waals surface area contributed by atoms with Gasteiger partial charge in [-0.15, -0.1) is 0 Å². The van der Waals surface area contributed by atoms with E-state index >= 15 is 0 Å². The zero-order chi connectivity index (χ0) is 14.5. The Labute approximate surface area is 121 Å². The van der Waals surface area contributed by atoms with E-state index in [1.54, 1.807) is 6.07 Å². The van der Waals surface area contributed by atoms with Gasteiger partial charge in [-0.2, -0.15) is 0 Å². The Bertz CT molecular complexity index is 434. The largest absolute Gasteiger partial charge is 0.370 e. The number of nitrogens with one attached hydrogen (secondary N) is 1. The fourth-order valence-electron chi connectivity index (χ4n) is 2.61. The number of rotatable bonds is 4. The molecule has 4 heteroatoms. The van der Waals surface area contributed by atoms with Gasteiger partial charge in [0.25, 0.3) is 0 Å². The van der Waals surface area contributed by atoms with Crippen LogP contribution in [-0.4, -0.2) is 44.2 Å². The van der Waals surface area contributed by atoms with Crippen molar-refractivity contribution < 1.29 is 4.39 Å². The fraction of sp³-hybridized carbons (Fsp3) is 0.625. The molecule has 0 bridgehead atoms. The van der Waals surface area contributed by atoms with Crippen molar-refractivity contribution in [1.82, 2.24) is 10.2 Å². The van der Waals surface area contributed by atoms with Gasteiger partial charge in [0.05, 0.1) is 0 Å². The van der Waals surface area contributed by atoms with Crippen LogP contribution >= 0.6 is 0 Å². The van der Waals surface area contributed by atoms with Crippen LogP contribution in [0.15, 0.2) is 18.2 Å². The summed E-state index contributed by atoms with van der Waals surface area (Å²) in [4.78, 5) is 4.66. The molecular formula is C16H26FN3. The first-order chi connectivity index (χ1) is 9.58. The molecule has 1 heterocycles. The van der Waals surface area contributed by atoms with Crippen molar-refractivity contribution in [3.8, 4) is 0 Å². The van der Waals surface area contributed by atoms with Crippen LogP contribution < -0.4 is 10.2 Å². The molecule has 1 aromatic carbocycles. The van der Waals surface area contributed by atoms with E-state index in [4.69, 9.17) is 0 Å². The van der Waals surface area contributed by atoms with Crippen molar-refractivity contribution in [3.63, 3.8) is 0 Å². The third kappa shape index (κ3) is 3.93. The molecular weight excluding hydrogens is 253 g/mol. The van der Waals surface area contributed by atoms with Gasteiger partial charge in [-0.1, -0.05) is 19.9 Å². The van der Waals surface area contributed by atoms with E-state index in [2.05, 4.69) is 36.0 Å². The summed E-state index contributed by atoms with van der Waals surface area (Å²) in [5.74, 6) is -0.103. The van der Waals surface area contributed by atoms with Gasteiger partial charge < -0.3 is 15.1 Å². The Morgan fingerprint density at radius 2 is 2.00 bits per heavy atom. The van der Waals surface area contributed by atoms with Gasteiger partial charge in [-0.25, -0.2) is 4.39 Å². The maximum absolute atomic E-state index is 14.2. The lowest BCUT2D eigenvalue weighted by Gasteiger charge is -2.26. The number of likely N-dealkylation sites (N-methyl/N-ethyl adjacent to an activating group) is 1. The summed E-state index contributed by atoms with van der Waals surface area (Å²) in [7, 11) is 2.15. The Morgan fingerprint density at radius 1 is 1.20 bits per heavy atom. The average molecular weight is 279 g/mol. The van der Waals surface area contributed by atoms with Gasteiger partial charge in [-0.3, -0.25) is 0 Å². The molecule has 112 valence electrons. The summed E-state index contributed by atoms with van der Waals surface area (Å²) >= 11 is 0. The molecule has 1 N–H and O–H groups in total. The second kappa shape index (κ2) is 7.04. The highest BCUT2D eigenvalue weighted by Gasteiger charge is 2.17. The van der Waals surface area contributed by atoms with Gasteiger partial charge in [-0.05, 0) is 32.1 Å². The first-order valence-corrected chi connectivity index (χ1v) is 7.52. The lowest BCUT2D eigenvalue weighted by atomic mass is 10.1. The van der Waals surface area contributed by atoms with Crippen molar-refractivity contribution in [2.45, 2.75) is 32.9 Å². The molecule has 0 aliphatic carbocycles. The fourth-order valence-corrected chi connectivity index (χ4v) is 2.61. The molecule has 1 aliphatic rings. The SMILES string of the molecule is CC(C)NCc1c(F)cccc1N1CCCN(C)CC1. The van der Waals surface area contributed by atoms with Gasteiger partial charge in [0.15, 0.2) is 0 Å². The molecule has 1 saturated heterocycles. The van der Waals surface area contributed by atoms with E-state index < -0.39 is 0 Å². The number of anilines is 1. The summed E-state index contributed by atoms with van der Waals surface area (Å²) < 4.78 is 14.2. The third-order valence-corrected chi connectivity index (χ3v) is 3.84. The van der Waals surface area contributed by atoms with Crippen molar-refractivity contribution in [1.29, 1.82) is 0 Å². The van der Waals surface area contributed by atoms with Crippen LogP contribution in [-0.2, 0) is 6.54 Å². The van der Waals surface area contributed by atoms with Crippen LogP contribution in [0.5, 0.6) is 0 Å². The third-order valence-electron chi connectivity index (χ3n) is 3.84. The van der Waals surface area contributed by atoms with Crippen molar-refractivity contribution in [2.24, 2.45) is 0 Å². The van der Waals surface area contributed by atoms with Gasteiger partial charge in [0, 0.05) is 43.5 Å². The molecule has 0 atom stereocenters. The Balaban J connectivity index is 2.19. The van der Waals surface area contributed by atoms with Gasteiger partial charge in [0.2, 0.25) is 0 Å². The Hall–Kier alpha value is -1.13. The normalized spacial score (nSPS) is 17.6. The van der Waals surface area contributed by atoms with Crippen LogP contribution in [0, 0.1) is 5.82 Å². The molecule has 0 unspecified atom stereocenters. The van der Waals surface area contributed by atoms with Crippen LogP contribution in [0.2, 0.25) is 0 Å². The maximum Gasteiger partial charge on any atom is 0.129 e. The highest BCUT2D eigenvalue weighted by Crippen LogP contribution is 2.24. The highest BCUT2D eigenvalue weighted by molar-refractivity contribution is 5.54. The molecule has 0 saturated carbocycles. The first-order valence-electron chi connectivity index (χ1n) is 7.52. The topological polar surface area (TPSA) is 18.5 Å². The minimum atomic E-state index is -0.103. The zero-order valence-electron chi connectivity index (χ0n) is 12.8. The predicted molar refractivity (Wildman–Crippen MR) is 82.7 cm³/mol. The lowest BCUT2D eigenvalue weighted by molar-refractivity contribution is 0.360. The molecule has 2 rings (SSSR count). The standard InChI is InChI=1S/C16H26FN3/c1-13(2)18-12-14-15(17)6-4-7-16(14)20-9-5-8-19(3)10-11-20/h4,6-7,13,18H,5,8-12H2,1-3H3. The molecule has 1 aliphatic heterocycles. The average Bonchev–Trinajstić information content (AvgIpc) is 2.62. The maximum atomic E-state index is 14.2. The quantitative estimate of drug-likeness (QED) is 0.913. The summed E-state index contributed by atoms with van der Waals surface area (Å²) in [6.07, 6.45) is 1.13. The molecule has 1 fully saturated rings. The van der Waals surface area contributed by atoms with Crippen LogP contribution in [0.3, 0.4) is 0 Å². The van der Waals surface area contributed by atoms with E-state index in [1.165, 1.54) is 0 Å². The van der Waals surface area contributed by atoms with E-state index in [0.29, 0.717) is 12.6 Å². The van der Waals surface area contributed by atoms with E-state index in [0.717, 1.165) is 43.9 Å². The zero-order valence-corrected chi connectivity index (χ0v) is 12.8. The molecule has 1 aromatic rings. The molecule has 0 spiro atoms. The predicted octanol–water partition coefficient (Wildman–Crippen LogP) is 2.47. The first kappa shape index (κ1) is 15.3. The van der Waals surface area contributed by atoms with E-state index in [-0.39, 0.29) is 5.82 Å². The Morgan fingerprint density at radius 3 is 2.75 bits per heavy atom. The number of hydrogen-bond acceptors (Lipinski definition) is 3. The van der Waals surface area contributed by atoms with Crippen LogP contribution in [0.25, 0.3) is 0 Å². The molecule has 0 amide bonds. The van der Waals surface area contributed by atoms with Gasteiger partial charge in [0.1, 0.15) is 5.82 Å². The number of benzene rings is 1. The monoisotopic (exact) mass is 279 g/mol. The summed E-state index contributed by atoms with van der Waals surface area (Å²) in [5, 5.41) is 3.33. The molecule has 20 heavy (non-hydrogen) atoms. The van der Waals surface area contributed by atoms with Crippen LogP contribution in [0.4, 0.5) is 10.1 Å². The summed E-state index contributed by atoms with van der Waals surface area (Å²) in [5.41, 5.74) is 1.85. The van der Waals surface area contributed by atoms with E-state index in [9.17, 15) is 4.39 Å². The minimum Gasteiger partial charge on any atom is -0.370 e.